The van der Waals surface area contributed by atoms with Gasteiger partial charge >= 0.3 is 0 Å². The van der Waals surface area contributed by atoms with Crippen molar-refractivity contribution in [1.82, 2.24) is 9.97 Å². The highest BCUT2D eigenvalue weighted by molar-refractivity contribution is 5.97. The molecular formula is C21H17N5O5. The number of rotatable bonds is 4. The average molecular weight is 419 g/mol. The van der Waals surface area contributed by atoms with Gasteiger partial charge in [0, 0.05) is 6.54 Å². The Morgan fingerprint density at radius 3 is 2.81 bits per heavy atom. The Morgan fingerprint density at radius 1 is 1.19 bits per heavy atom. The molecule has 2 atom stereocenters. The topological polar surface area (TPSA) is 142 Å². The van der Waals surface area contributed by atoms with Crippen LogP contribution in [0.5, 0.6) is 11.5 Å². The number of fused-ring (bicyclic) bond motifs is 2. The van der Waals surface area contributed by atoms with Crippen molar-refractivity contribution in [2.75, 3.05) is 23.8 Å². The standard InChI is InChI=1S/C21H17N5O5/c22-9-12-16(14-2-1-5-29-14)17-18(24-19(12)27)25-21(26-20(17)28)23-10-11-3-4-13-15(8-11)31-7-6-30-13/h1-5,8,12,16H,6-7,10H2,(H3,23,24,25,26,27,28). The van der Waals surface area contributed by atoms with Crippen LogP contribution in [-0.2, 0) is 11.3 Å². The van der Waals surface area contributed by atoms with Gasteiger partial charge in [0.15, 0.2) is 11.5 Å². The Balaban J connectivity index is 1.44. The quantitative estimate of drug-likeness (QED) is 0.583. The van der Waals surface area contributed by atoms with Crippen LogP contribution in [0.15, 0.2) is 45.8 Å². The summed E-state index contributed by atoms with van der Waals surface area (Å²) >= 11 is 0. The van der Waals surface area contributed by atoms with Gasteiger partial charge in [-0.25, -0.2) is 0 Å². The van der Waals surface area contributed by atoms with Crippen LogP contribution in [-0.4, -0.2) is 29.1 Å². The molecular weight excluding hydrogens is 402 g/mol. The van der Waals surface area contributed by atoms with Crippen LogP contribution in [0.2, 0.25) is 0 Å². The van der Waals surface area contributed by atoms with E-state index in [1.165, 1.54) is 6.26 Å². The normalized spacial score (nSPS) is 19.1. The van der Waals surface area contributed by atoms with E-state index in [9.17, 15) is 14.9 Å². The molecule has 31 heavy (non-hydrogen) atoms. The van der Waals surface area contributed by atoms with Crippen molar-refractivity contribution in [2.45, 2.75) is 12.5 Å². The van der Waals surface area contributed by atoms with Crippen LogP contribution in [0.4, 0.5) is 11.8 Å². The lowest BCUT2D eigenvalue weighted by Crippen LogP contribution is -2.38. The highest BCUT2D eigenvalue weighted by atomic mass is 16.6. The lowest BCUT2D eigenvalue weighted by molar-refractivity contribution is -0.119. The van der Waals surface area contributed by atoms with Gasteiger partial charge in [0.05, 0.1) is 23.8 Å². The predicted molar refractivity (Wildman–Crippen MR) is 108 cm³/mol. The third-order valence-electron chi connectivity index (χ3n) is 5.18. The number of hydrogen-bond acceptors (Lipinski definition) is 8. The summed E-state index contributed by atoms with van der Waals surface area (Å²) in [5.74, 6) is -0.481. The SMILES string of the molecule is N#CC1C(=O)Nc2nc(NCc3ccc4c(c3)OCCO4)[nH]c(=O)c2C1c1ccco1. The van der Waals surface area contributed by atoms with Gasteiger partial charge in [-0.2, -0.15) is 10.2 Å². The van der Waals surface area contributed by atoms with E-state index < -0.39 is 23.3 Å². The number of carbonyl (C=O) groups excluding carboxylic acids is 1. The summed E-state index contributed by atoms with van der Waals surface area (Å²) in [5, 5.41) is 15.1. The molecule has 2 aromatic heterocycles. The number of furan rings is 1. The lowest BCUT2D eigenvalue weighted by Gasteiger charge is -2.26. The first-order chi connectivity index (χ1) is 15.1. The van der Waals surface area contributed by atoms with Crippen LogP contribution in [0.25, 0.3) is 0 Å². The second-order valence-corrected chi connectivity index (χ2v) is 7.10. The number of ether oxygens (including phenoxy) is 2. The van der Waals surface area contributed by atoms with Crippen molar-refractivity contribution in [3.63, 3.8) is 0 Å². The van der Waals surface area contributed by atoms with Gasteiger partial charge in [-0.15, -0.1) is 0 Å². The molecule has 0 fully saturated rings. The van der Waals surface area contributed by atoms with Crippen molar-refractivity contribution in [2.24, 2.45) is 5.92 Å². The Bertz CT molecular complexity index is 1240. The second kappa shape index (κ2) is 7.53. The summed E-state index contributed by atoms with van der Waals surface area (Å²) in [6, 6.07) is 10.8. The summed E-state index contributed by atoms with van der Waals surface area (Å²) in [7, 11) is 0. The van der Waals surface area contributed by atoms with Crippen molar-refractivity contribution in [1.29, 1.82) is 5.26 Å². The summed E-state index contributed by atoms with van der Waals surface area (Å²) in [4.78, 5) is 32.4. The van der Waals surface area contributed by atoms with Crippen LogP contribution >= 0.6 is 0 Å². The number of H-pyrrole nitrogens is 1. The Kier molecular flexibility index (Phi) is 4.55. The highest BCUT2D eigenvalue weighted by Crippen LogP contribution is 2.38. The maximum atomic E-state index is 12.9. The molecule has 2 unspecified atom stereocenters. The molecule has 0 radical (unpaired) electrons. The third-order valence-corrected chi connectivity index (χ3v) is 5.18. The molecule has 5 rings (SSSR count). The minimum Gasteiger partial charge on any atom is -0.486 e. The zero-order valence-corrected chi connectivity index (χ0v) is 16.2. The van der Waals surface area contributed by atoms with E-state index in [4.69, 9.17) is 13.9 Å². The smallest absolute Gasteiger partial charge is 0.258 e. The molecule has 10 nitrogen and oxygen atoms in total. The highest BCUT2D eigenvalue weighted by Gasteiger charge is 2.41. The largest absolute Gasteiger partial charge is 0.486 e. The molecule has 1 aromatic carbocycles. The number of amides is 1. The second-order valence-electron chi connectivity index (χ2n) is 7.10. The fraction of sp³-hybridized carbons (Fsp3) is 0.238. The summed E-state index contributed by atoms with van der Waals surface area (Å²) < 4.78 is 16.5. The maximum Gasteiger partial charge on any atom is 0.258 e. The van der Waals surface area contributed by atoms with Crippen LogP contribution in [0.1, 0.15) is 22.8 Å². The van der Waals surface area contributed by atoms with Gasteiger partial charge in [-0.3, -0.25) is 14.6 Å². The van der Waals surface area contributed by atoms with E-state index in [1.807, 2.05) is 24.3 Å². The number of hydrogen-bond donors (Lipinski definition) is 3. The molecule has 0 bridgehead atoms. The monoisotopic (exact) mass is 419 g/mol. The number of carbonyl (C=O) groups is 1. The van der Waals surface area contributed by atoms with E-state index in [2.05, 4.69) is 20.6 Å². The van der Waals surface area contributed by atoms with Crippen LogP contribution in [0, 0.1) is 17.2 Å². The fourth-order valence-electron chi connectivity index (χ4n) is 3.75. The average Bonchev–Trinajstić information content (AvgIpc) is 3.31. The number of aromatic amines is 1. The number of anilines is 2. The fourth-order valence-corrected chi connectivity index (χ4v) is 3.75. The molecule has 2 aliphatic rings. The maximum absolute atomic E-state index is 12.9. The Morgan fingerprint density at radius 2 is 2.03 bits per heavy atom. The molecule has 2 aliphatic heterocycles. The number of benzene rings is 1. The Hall–Kier alpha value is -4.26. The van der Waals surface area contributed by atoms with E-state index in [0.717, 1.165) is 5.56 Å². The third kappa shape index (κ3) is 3.36. The summed E-state index contributed by atoms with van der Waals surface area (Å²) in [6.45, 7) is 1.36. The van der Waals surface area contributed by atoms with Crippen molar-refractivity contribution in [3.05, 3.63) is 63.8 Å². The minimum absolute atomic E-state index is 0.103. The molecule has 3 aromatic rings. The van der Waals surface area contributed by atoms with E-state index in [0.29, 0.717) is 37.0 Å². The number of nitrogens with zero attached hydrogens (tertiary/aromatic N) is 2. The molecule has 1 amide bonds. The number of nitriles is 1. The van der Waals surface area contributed by atoms with E-state index in [-0.39, 0.29) is 17.3 Å². The minimum atomic E-state index is -1.10. The first-order valence-corrected chi connectivity index (χ1v) is 9.64. The zero-order chi connectivity index (χ0) is 21.4. The van der Waals surface area contributed by atoms with Crippen LogP contribution in [0.3, 0.4) is 0 Å². The van der Waals surface area contributed by atoms with E-state index >= 15 is 0 Å². The van der Waals surface area contributed by atoms with Gasteiger partial charge in [0.2, 0.25) is 11.9 Å². The summed E-state index contributed by atoms with van der Waals surface area (Å²) in [5.41, 5.74) is 0.619. The summed E-state index contributed by atoms with van der Waals surface area (Å²) in [6.07, 6.45) is 1.43. The molecule has 0 saturated carbocycles. The molecule has 3 N–H and O–H groups in total. The molecule has 0 saturated heterocycles. The molecule has 156 valence electrons. The van der Waals surface area contributed by atoms with Crippen LogP contribution < -0.4 is 25.7 Å². The zero-order valence-electron chi connectivity index (χ0n) is 16.2. The first-order valence-electron chi connectivity index (χ1n) is 9.64. The molecule has 0 aliphatic carbocycles. The first kappa shape index (κ1) is 18.7. The van der Waals surface area contributed by atoms with Gasteiger partial charge in [0.25, 0.3) is 5.56 Å². The number of aromatic nitrogens is 2. The van der Waals surface area contributed by atoms with Crippen molar-refractivity contribution < 1.29 is 18.7 Å². The van der Waals surface area contributed by atoms with Gasteiger partial charge in [-0.1, -0.05) is 6.07 Å². The predicted octanol–water partition coefficient (Wildman–Crippen LogP) is 1.97. The Labute approximate surface area is 175 Å². The van der Waals surface area contributed by atoms with Gasteiger partial charge in [-0.05, 0) is 29.8 Å². The lowest BCUT2D eigenvalue weighted by atomic mass is 9.82. The van der Waals surface area contributed by atoms with Gasteiger partial charge in [0.1, 0.15) is 30.7 Å². The van der Waals surface area contributed by atoms with Gasteiger partial charge < -0.3 is 24.5 Å². The number of nitrogens with one attached hydrogen (secondary N) is 3. The molecule has 4 heterocycles. The van der Waals surface area contributed by atoms with Crippen molar-refractivity contribution >= 4 is 17.7 Å². The van der Waals surface area contributed by atoms with Crippen molar-refractivity contribution in [3.8, 4) is 17.6 Å². The van der Waals surface area contributed by atoms with E-state index in [1.54, 1.807) is 12.1 Å². The molecule has 10 heteroatoms. The molecule has 0 spiro atoms.